The number of nitrogens with zero attached hydrogens (tertiary/aromatic N) is 1. The van der Waals surface area contributed by atoms with Gasteiger partial charge in [0.25, 0.3) is 0 Å². The summed E-state index contributed by atoms with van der Waals surface area (Å²) in [6.07, 6.45) is 3.14. The van der Waals surface area contributed by atoms with Gasteiger partial charge in [-0.2, -0.15) is 13.2 Å². The fourth-order valence-electron chi connectivity index (χ4n) is 4.85. The summed E-state index contributed by atoms with van der Waals surface area (Å²) in [5.41, 5.74) is 1.37. The highest BCUT2D eigenvalue weighted by Gasteiger charge is 2.42. The molecule has 0 saturated heterocycles. The zero-order valence-electron chi connectivity index (χ0n) is 24.1. The van der Waals surface area contributed by atoms with Crippen molar-refractivity contribution in [3.8, 4) is 0 Å². The van der Waals surface area contributed by atoms with Gasteiger partial charge >= 0.3 is 12.1 Å². The lowest BCUT2D eigenvalue weighted by Gasteiger charge is -2.36. The van der Waals surface area contributed by atoms with Crippen molar-refractivity contribution in [3.05, 3.63) is 111 Å². The summed E-state index contributed by atoms with van der Waals surface area (Å²) in [5, 5.41) is 0.0445. The molecule has 0 heterocycles. The van der Waals surface area contributed by atoms with Gasteiger partial charge in [-0.15, -0.1) is 0 Å². The van der Waals surface area contributed by atoms with Gasteiger partial charge < -0.3 is 9.64 Å². The molecule has 3 nitrogen and oxygen atoms in total. The van der Waals surface area contributed by atoms with Crippen molar-refractivity contribution in [1.29, 1.82) is 0 Å². The fraction of sp³-hybridized carbons (Fsp3) is 0.382. The molecule has 0 aromatic heterocycles. The molecular formula is C34H36ClF4NO2. The molecule has 2 aromatic carbocycles. The van der Waals surface area contributed by atoms with Crippen molar-refractivity contribution in [2.24, 2.45) is 0 Å². The topological polar surface area (TPSA) is 29.5 Å². The van der Waals surface area contributed by atoms with Gasteiger partial charge in [-0.1, -0.05) is 78.7 Å². The number of hydrogen-bond donors (Lipinski definition) is 0. The van der Waals surface area contributed by atoms with E-state index in [0.29, 0.717) is 30.4 Å². The molecule has 2 saturated carbocycles. The first-order valence-electron chi connectivity index (χ1n) is 14.3. The van der Waals surface area contributed by atoms with Crippen LogP contribution in [0.15, 0.2) is 94.2 Å². The predicted molar refractivity (Wildman–Crippen MR) is 160 cm³/mol. The van der Waals surface area contributed by atoms with Crippen molar-refractivity contribution in [2.45, 2.75) is 84.0 Å². The number of alkyl halides is 3. The number of allylic oxidation sites excluding steroid dienone is 5. The van der Waals surface area contributed by atoms with Gasteiger partial charge in [0.05, 0.1) is 11.3 Å². The maximum atomic E-state index is 15.9. The average molecular weight is 602 g/mol. The van der Waals surface area contributed by atoms with Crippen molar-refractivity contribution < 1.29 is 27.1 Å². The van der Waals surface area contributed by atoms with Crippen molar-refractivity contribution >= 4 is 23.3 Å². The maximum absolute atomic E-state index is 15.9. The minimum Gasteiger partial charge on any atom is -0.459 e. The van der Waals surface area contributed by atoms with Gasteiger partial charge in [-0.25, -0.2) is 9.18 Å². The quantitative estimate of drug-likeness (QED) is 0.111. The molecule has 8 heteroatoms. The lowest BCUT2D eigenvalue weighted by atomic mass is 9.91. The lowest BCUT2D eigenvalue weighted by Crippen LogP contribution is -2.44. The largest absolute Gasteiger partial charge is 0.459 e. The van der Waals surface area contributed by atoms with Gasteiger partial charge in [0.15, 0.2) is 6.04 Å². The summed E-state index contributed by atoms with van der Waals surface area (Å²) in [6, 6.07) is 11.8. The molecule has 0 N–H and O–H groups in total. The van der Waals surface area contributed by atoms with Crippen LogP contribution in [0.4, 0.5) is 23.2 Å². The number of benzene rings is 2. The third-order valence-corrected chi connectivity index (χ3v) is 8.10. The average Bonchev–Trinajstić information content (AvgIpc) is 3.77. The van der Waals surface area contributed by atoms with E-state index in [1.54, 1.807) is 43.3 Å². The number of ether oxygens (including phenoxy) is 1. The molecule has 2 aliphatic carbocycles. The third kappa shape index (κ3) is 7.54. The molecule has 2 fully saturated rings. The van der Waals surface area contributed by atoms with E-state index in [-0.39, 0.29) is 28.9 Å². The van der Waals surface area contributed by atoms with Gasteiger partial charge in [-0.3, -0.25) is 0 Å². The van der Waals surface area contributed by atoms with Crippen LogP contribution in [0, 0.1) is 5.82 Å². The van der Waals surface area contributed by atoms with Crippen LogP contribution in [0.5, 0.6) is 0 Å². The molecule has 2 aliphatic rings. The number of halogens is 5. The molecule has 0 aliphatic heterocycles. The number of carbonyl (C=O) groups is 1. The number of carbonyl (C=O) groups excluding carboxylic acids is 1. The summed E-state index contributed by atoms with van der Waals surface area (Å²) >= 11 is 6.92. The Labute approximate surface area is 250 Å². The zero-order valence-corrected chi connectivity index (χ0v) is 24.9. The lowest BCUT2D eigenvalue weighted by molar-refractivity contribution is -0.145. The molecule has 0 spiro atoms. The van der Waals surface area contributed by atoms with E-state index in [1.807, 2.05) is 6.92 Å². The Morgan fingerprint density at radius 2 is 1.83 bits per heavy atom. The Morgan fingerprint density at radius 3 is 2.36 bits per heavy atom. The van der Waals surface area contributed by atoms with Crippen LogP contribution in [0.25, 0.3) is 0 Å². The second-order valence-electron chi connectivity index (χ2n) is 10.8. The first-order valence-corrected chi connectivity index (χ1v) is 14.7. The second kappa shape index (κ2) is 13.8. The van der Waals surface area contributed by atoms with Crippen molar-refractivity contribution in [2.75, 3.05) is 4.90 Å². The molecule has 2 aromatic rings. The van der Waals surface area contributed by atoms with Crippen LogP contribution in [0.1, 0.15) is 76.3 Å². The summed E-state index contributed by atoms with van der Waals surface area (Å²) in [4.78, 5) is 15.3. The molecule has 0 bridgehead atoms. The van der Waals surface area contributed by atoms with Crippen molar-refractivity contribution in [1.82, 2.24) is 0 Å². The molecule has 0 radical (unpaired) electrons. The molecule has 1 atom stereocenters. The number of anilines is 1. The van der Waals surface area contributed by atoms with Crippen molar-refractivity contribution in [3.63, 3.8) is 0 Å². The van der Waals surface area contributed by atoms with E-state index in [4.69, 9.17) is 16.3 Å². The van der Waals surface area contributed by atoms with E-state index in [2.05, 4.69) is 0 Å². The fourth-order valence-corrected chi connectivity index (χ4v) is 5.23. The van der Waals surface area contributed by atoms with Crippen LogP contribution in [0.2, 0.25) is 0 Å². The summed E-state index contributed by atoms with van der Waals surface area (Å²) < 4.78 is 65.7. The van der Waals surface area contributed by atoms with Crippen LogP contribution in [0.3, 0.4) is 0 Å². The van der Waals surface area contributed by atoms with E-state index in [9.17, 15) is 18.0 Å². The molecule has 4 rings (SSSR count). The molecule has 1 unspecified atom stereocenters. The maximum Gasteiger partial charge on any atom is 0.416 e. The van der Waals surface area contributed by atoms with Gasteiger partial charge in [0.1, 0.15) is 17.6 Å². The predicted octanol–water partition coefficient (Wildman–Crippen LogP) is 10.0. The number of esters is 1. The Balaban J connectivity index is 1.97. The molecular weight excluding hydrogens is 566 g/mol. The Hall–Kier alpha value is -3.32. The summed E-state index contributed by atoms with van der Waals surface area (Å²) in [6.45, 7) is 4.81. The van der Waals surface area contributed by atoms with Crippen LogP contribution < -0.4 is 4.90 Å². The SMILES string of the molecule is C\C=C/C(=C(\C=C(/C)CC)C(C(=O)OCc1ccccc1)N(C(Cl)=C1CCC1)c1ccc(C2CC2)cc1F)C(F)(F)F. The molecule has 0 amide bonds. The molecule has 42 heavy (non-hydrogen) atoms. The van der Waals surface area contributed by atoms with Crippen LogP contribution in [-0.2, 0) is 16.1 Å². The normalized spacial score (nSPS) is 17.0. The minimum absolute atomic E-state index is 0.0445. The van der Waals surface area contributed by atoms with Gasteiger partial charge in [0.2, 0.25) is 0 Å². The minimum atomic E-state index is -4.82. The highest BCUT2D eigenvalue weighted by Crippen LogP contribution is 2.44. The second-order valence-corrected chi connectivity index (χ2v) is 11.2. The zero-order chi connectivity index (χ0) is 30.4. The van der Waals surface area contributed by atoms with Crippen LogP contribution >= 0.6 is 11.6 Å². The van der Waals surface area contributed by atoms with E-state index in [0.717, 1.165) is 36.5 Å². The highest BCUT2D eigenvalue weighted by atomic mass is 35.5. The summed E-state index contributed by atoms with van der Waals surface area (Å²) in [5.74, 6) is -1.37. The standard InChI is InChI=1S/C34H36ClF4NO2/c1-4-10-28(34(37,38)39)27(19-22(3)5-2)31(33(41)42-21-23-11-7-6-8-12-23)40(32(35)25-13-9-14-25)30-18-17-26(20-29(30)36)24-15-16-24/h4,6-8,10-12,17-20,24,31H,5,9,13-16,21H2,1-3H3/b10-4-,22-19+,28-27-. The first kappa shape index (κ1) is 31.6. The Kier molecular flexibility index (Phi) is 10.4. The Bertz CT molecular complexity index is 1400. The number of rotatable bonds is 11. The van der Waals surface area contributed by atoms with E-state index >= 15 is 4.39 Å². The third-order valence-electron chi connectivity index (χ3n) is 7.65. The summed E-state index contributed by atoms with van der Waals surface area (Å²) in [7, 11) is 0. The van der Waals surface area contributed by atoms with E-state index in [1.165, 1.54) is 36.1 Å². The van der Waals surface area contributed by atoms with E-state index < -0.39 is 29.6 Å². The van der Waals surface area contributed by atoms with Crippen LogP contribution in [-0.4, -0.2) is 18.2 Å². The van der Waals surface area contributed by atoms with Gasteiger partial charge in [0, 0.05) is 0 Å². The highest BCUT2D eigenvalue weighted by molar-refractivity contribution is 6.32. The monoisotopic (exact) mass is 601 g/mol. The Morgan fingerprint density at radius 1 is 1.14 bits per heavy atom. The smallest absolute Gasteiger partial charge is 0.416 e. The first-order chi connectivity index (χ1) is 20.0. The van der Waals surface area contributed by atoms with Gasteiger partial charge in [-0.05, 0) is 92.7 Å². The number of hydrogen-bond acceptors (Lipinski definition) is 3. The molecule has 224 valence electrons.